The summed E-state index contributed by atoms with van der Waals surface area (Å²) < 4.78 is 133. The van der Waals surface area contributed by atoms with Crippen LogP contribution >= 0.6 is 0 Å². The molecule has 3 unspecified atom stereocenters. The second-order valence-electron chi connectivity index (χ2n) is 11.6. The molecule has 0 rings (SSSR count). The lowest BCUT2D eigenvalue weighted by Gasteiger charge is -2.45. The molecule has 7 nitrogen and oxygen atoms in total. The molecule has 0 spiro atoms. The van der Waals surface area contributed by atoms with Crippen molar-refractivity contribution in [1.82, 2.24) is 0 Å². The minimum atomic E-state index is -6.21. The van der Waals surface area contributed by atoms with Gasteiger partial charge in [-0.2, -0.15) is 22.0 Å². The molecule has 0 aliphatic carbocycles. The summed E-state index contributed by atoms with van der Waals surface area (Å²) in [7, 11) is -11.0. The topological polar surface area (TPSA) is 80.3 Å². The molecule has 0 bridgehead atoms. The minimum absolute atomic E-state index is 0.0945. The molecule has 0 saturated carbocycles. The lowest BCUT2D eigenvalue weighted by atomic mass is 10.1. The number of carbonyl (C=O) groups excluding carboxylic acids is 2. The highest BCUT2D eigenvalue weighted by atomic mass is 28.5. The summed E-state index contributed by atoms with van der Waals surface area (Å²) in [6, 6.07) is 0. The Labute approximate surface area is 233 Å². The normalized spacial score (nSPS) is 16.7. The number of carbonyl (C=O) groups is 2. The number of esters is 2. The second-order valence-corrected chi connectivity index (χ2v) is 28.6. The first-order chi connectivity index (χ1) is 17.6. The summed E-state index contributed by atoms with van der Waals surface area (Å²) >= 11 is 0. The molecule has 0 heterocycles. The van der Waals surface area contributed by atoms with E-state index in [0.717, 1.165) is 0 Å². The van der Waals surface area contributed by atoms with Gasteiger partial charge in [0.2, 0.25) is 6.17 Å². The standard InChI is InChI=1S/C21H38F8O7Si4/c1-11-16(40(34-37(2,3)4,35-38(5,6)7)36-39(8,9)10)32-14(30)12-13-15(31)33-19(25)21(28,29)20(26,27)17(22)18(23)24/h12-13,16-19H,11H2,1-10H3. The van der Waals surface area contributed by atoms with Gasteiger partial charge in [0, 0.05) is 12.2 Å². The fourth-order valence-electron chi connectivity index (χ4n) is 2.97. The van der Waals surface area contributed by atoms with Gasteiger partial charge in [-0.25, -0.2) is 22.8 Å². The van der Waals surface area contributed by atoms with Crippen LogP contribution in [-0.2, 0) is 31.4 Å². The van der Waals surface area contributed by atoms with E-state index in [-0.39, 0.29) is 12.5 Å². The van der Waals surface area contributed by atoms with Crippen LogP contribution in [0.15, 0.2) is 12.2 Å². The molecule has 236 valence electrons. The lowest BCUT2D eigenvalue weighted by Crippen LogP contribution is -2.67. The largest absolute Gasteiger partial charge is 0.512 e. The number of hydrogen-bond acceptors (Lipinski definition) is 7. The van der Waals surface area contributed by atoms with E-state index in [4.69, 9.17) is 17.1 Å². The van der Waals surface area contributed by atoms with E-state index in [9.17, 15) is 44.7 Å². The highest BCUT2D eigenvalue weighted by Crippen LogP contribution is 2.44. The zero-order chi connectivity index (χ0) is 32.1. The van der Waals surface area contributed by atoms with E-state index >= 15 is 0 Å². The molecule has 0 fully saturated rings. The molecule has 0 aliphatic heterocycles. The first kappa shape index (κ1) is 38.9. The monoisotopic (exact) mass is 666 g/mol. The van der Waals surface area contributed by atoms with Crippen LogP contribution in [-0.4, -0.2) is 82.2 Å². The van der Waals surface area contributed by atoms with Gasteiger partial charge in [-0.15, -0.1) is 0 Å². The molecule has 19 heteroatoms. The summed E-state index contributed by atoms with van der Waals surface area (Å²) in [4.78, 5) is 24.3. The van der Waals surface area contributed by atoms with Gasteiger partial charge >= 0.3 is 38.9 Å². The van der Waals surface area contributed by atoms with Crippen molar-refractivity contribution in [1.29, 1.82) is 0 Å². The summed E-state index contributed by atoms with van der Waals surface area (Å²) in [6.45, 7) is 18.5. The van der Waals surface area contributed by atoms with E-state index in [1.807, 2.05) is 58.9 Å². The molecule has 0 saturated heterocycles. The van der Waals surface area contributed by atoms with Crippen LogP contribution in [0, 0.1) is 0 Å². The van der Waals surface area contributed by atoms with Crippen LogP contribution in [0.3, 0.4) is 0 Å². The molecule has 0 N–H and O–H groups in total. The molecule has 0 aliphatic rings. The van der Waals surface area contributed by atoms with Gasteiger partial charge in [0.1, 0.15) is 0 Å². The zero-order valence-electron chi connectivity index (χ0n) is 24.1. The van der Waals surface area contributed by atoms with Crippen LogP contribution in [0.25, 0.3) is 0 Å². The fraction of sp³-hybridized carbons (Fsp3) is 0.810. The van der Waals surface area contributed by atoms with Gasteiger partial charge in [-0.3, -0.25) is 0 Å². The number of ether oxygens (including phenoxy) is 2. The van der Waals surface area contributed by atoms with Crippen molar-refractivity contribution in [2.45, 2.75) is 109 Å². The molecule has 0 aromatic carbocycles. The summed E-state index contributed by atoms with van der Waals surface area (Å²) in [5.41, 5.74) is -1.08. The van der Waals surface area contributed by atoms with Gasteiger partial charge in [0.25, 0.3) is 6.43 Å². The van der Waals surface area contributed by atoms with Crippen LogP contribution in [0.5, 0.6) is 0 Å². The average Bonchev–Trinajstić information content (AvgIpc) is 2.71. The molecule has 0 radical (unpaired) electrons. The van der Waals surface area contributed by atoms with Crippen LogP contribution in [0.4, 0.5) is 35.1 Å². The second kappa shape index (κ2) is 13.9. The molecule has 40 heavy (non-hydrogen) atoms. The number of rotatable bonds is 16. The SMILES string of the molecule is CCC(OC(=O)C=CC(=O)OC(F)C(F)(F)C(F)(F)C(F)C(F)F)[Si](O[Si](C)(C)C)(O[Si](C)(C)C)O[Si](C)(C)C. The zero-order valence-corrected chi connectivity index (χ0v) is 28.1. The lowest BCUT2D eigenvalue weighted by molar-refractivity contribution is -0.312. The Morgan fingerprint density at radius 2 is 1.02 bits per heavy atom. The van der Waals surface area contributed by atoms with Gasteiger partial charge < -0.3 is 21.8 Å². The van der Waals surface area contributed by atoms with Crippen LogP contribution in [0.2, 0.25) is 58.9 Å². The van der Waals surface area contributed by atoms with E-state index in [0.29, 0.717) is 6.08 Å². The quantitative estimate of drug-likeness (QED) is 0.0794. The van der Waals surface area contributed by atoms with E-state index in [1.54, 1.807) is 6.92 Å². The Balaban J connectivity index is 5.95. The molecule has 0 amide bonds. The van der Waals surface area contributed by atoms with E-state index in [2.05, 4.69) is 4.74 Å². The van der Waals surface area contributed by atoms with Crippen molar-refractivity contribution in [2.24, 2.45) is 0 Å². The molecule has 0 aromatic rings. The number of halogens is 8. The van der Waals surface area contributed by atoms with Crippen molar-refractivity contribution in [3.63, 3.8) is 0 Å². The van der Waals surface area contributed by atoms with Crippen molar-refractivity contribution >= 4 is 45.7 Å². The van der Waals surface area contributed by atoms with Crippen molar-refractivity contribution in [3.8, 4) is 0 Å². The van der Waals surface area contributed by atoms with Gasteiger partial charge in [-0.1, -0.05) is 6.92 Å². The maximum absolute atomic E-state index is 13.7. The summed E-state index contributed by atoms with van der Waals surface area (Å²) in [5, 5.41) is 0. The maximum Gasteiger partial charge on any atom is 0.512 e. The number of alkyl halides is 8. The third kappa shape index (κ3) is 12.0. The van der Waals surface area contributed by atoms with Crippen molar-refractivity contribution < 1.29 is 66.5 Å². The van der Waals surface area contributed by atoms with Crippen LogP contribution < -0.4 is 0 Å². The van der Waals surface area contributed by atoms with Gasteiger partial charge in [0.15, 0.2) is 30.7 Å². The average molecular weight is 667 g/mol. The first-order valence-corrected chi connectivity index (χ1v) is 24.1. The smallest absolute Gasteiger partial charge is 0.455 e. The third-order valence-electron chi connectivity index (χ3n) is 4.24. The van der Waals surface area contributed by atoms with E-state index < -0.39 is 82.2 Å². The summed E-state index contributed by atoms with van der Waals surface area (Å²) in [5.74, 6) is -15.7. The predicted molar refractivity (Wildman–Crippen MR) is 140 cm³/mol. The van der Waals surface area contributed by atoms with Crippen LogP contribution in [0.1, 0.15) is 13.3 Å². The third-order valence-corrected chi connectivity index (χ3v) is 16.3. The Kier molecular flexibility index (Phi) is 13.5. The Hall–Kier alpha value is -1.13. The Morgan fingerprint density at radius 3 is 1.32 bits per heavy atom. The molecular formula is C21H38F8O7Si4. The highest BCUT2D eigenvalue weighted by Gasteiger charge is 2.70. The highest BCUT2D eigenvalue weighted by molar-refractivity contribution is 6.90. The minimum Gasteiger partial charge on any atom is -0.455 e. The summed E-state index contributed by atoms with van der Waals surface area (Å²) in [6.07, 6.45) is -13.2. The molecular weight excluding hydrogens is 629 g/mol. The predicted octanol–water partition coefficient (Wildman–Crippen LogP) is 6.61. The van der Waals surface area contributed by atoms with Gasteiger partial charge in [-0.05, 0) is 65.3 Å². The fourth-order valence-corrected chi connectivity index (χ4v) is 17.2. The van der Waals surface area contributed by atoms with Crippen molar-refractivity contribution in [3.05, 3.63) is 12.2 Å². The first-order valence-electron chi connectivity index (χ1n) is 12.1. The van der Waals surface area contributed by atoms with E-state index in [1.165, 1.54) is 0 Å². The Bertz CT molecular complexity index is 849. The molecule has 0 aromatic heterocycles. The van der Waals surface area contributed by atoms with Gasteiger partial charge in [0.05, 0.1) is 0 Å². The maximum atomic E-state index is 13.7. The molecule has 3 atom stereocenters. The Morgan fingerprint density at radius 1 is 0.675 bits per heavy atom. The number of hydrogen-bond donors (Lipinski definition) is 0. The van der Waals surface area contributed by atoms with Crippen molar-refractivity contribution in [2.75, 3.05) is 0 Å².